The Morgan fingerprint density at radius 2 is 1.28 bits per heavy atom. The highest BCUT2D eigenvalue weighted by Gasteiger charge is 2.50. The first-order chi connectivity index (χ1) is 11.6. The summed E-state index contributed by atoms with van der Waals surface area (Å²) in [6, 6.07) is 0. The van der Waals surface area contributed by atoms with E-state index in [2.05, 4.69) is 4.74 Å². The molecule has 144 valence electrons. The third-order valence-corrected chi connectivity index (χ3v) is 3.89. The van der Waals surface area contributed by atoms with Gasteiger partial charge in [-0.3, -0.25) is 0 Å². The Hall–Kier alpha value is -1.42. The average molecular weight is 368 g/mol. The van der Waals surface area contributed by atoms with E-state index in [0.29, 0.717) is 0 Å². The van der Waals surface area contributed by atoms with Crippen LogP contribution < -0.4 is 10.2 Å². The van der Waals surface area contributed by atoms with E-state index in [-0.39, 0.29) is 0 Å². The number of aliphatic carboxylic acids is 2. The first kappa shape index (κ1) is 19.9. The highest BCUT2D eigenvalue weighted by Crippen LogP contribution is 2.28. The Kier molecular flexibility index (Phi) is 5.93. The van der Waals surface area contributed by atoms with Crippen LogP contribution in [0.3, 0.4) is 0 Å². The molecule has 25 heavy (non-hydrogen) atoms. The van der Waals surface area contributed by atoms with Gasteiger partial charge in [-0.2, -0.15) is 0 Å². The van der Waals surface area contributed by atoms with Crippen LogP contribution in [0.4, 0.5) is 0 Å². The van der Waals surface area contributed by atoms with E-state index < -0.39 is 73.4 Å². The van der Waals surface area contributed by atoms with E-state index in [1.165, 1.54) is 0 Å². The van der Waals surface area contributed by atoms with Gasteiger partial charge in [-0.25, -0.2) is 0 Å². The molecule has 6 N–H and O–H groups in total. The molecule has 0 radical (unpaired) electrons. The first-order valence-corrected chi connectivity index (χ1v) is 7.02. The molecule has 2 aliphatic rings. The van der Waals surface area contributed by atoms with Crippen LogP contribution in [0.2, 0.25) is 0 Å². The van der Waals surface area contributed by atoms with Crippen molar-refractivity contribution in [1.82, 2.24) is 0 Å². The second kappa shape index (κ2) is 7.45. The molecule has 2 aliphatic heterocycles. The number of carboxylic acid groups (broad SMARTS) is 2. The average Bonchev–Trinajstić information content (AvgIpc) is 2.54. The molecule has 0 aromatic carbocycles. The summed E-state index contributed by atoms with van der Waals surface area (Å²) in [5, 5.41) is 79.6. The van der Waals surface area contributed by atoms with Gasteiger partial charge in [-0.05, 0) is 0 Å². The van der Waals surface area contributed by atoms with E-state index in [1.807, 2.05) is 0 Å². The van der Waals surface area contributed by atoms with Gasteiger partial charge in [0.05, 0.1) is 11.9 Å². The Morgan fingerprint density at radius 3 is 1.80 bits per heavy atom. The summed E-state index contributed by atoms with van der Waals surface area (Å²) in [4.78, 5) is 21.9. The third kappa shape index (κ3) is 3.74. The van der Waals surface area contributed by atoms with Crippen molar-refractivity contribution in [2.75, 3.05) is 0 Å². The molecule has 0 aliphatic carbocycles. The van der Waals surface area contributed by atoms with E-state index in [4.69, 9.17) is 9.47 Å². The smallest absolute Gasteiger partial charge is 0.187 e. The highest BCUT2D eigenvalue weighted by molar-refractivity contribution is 5.71. The SMILES string of the molecule is O=C([O-])C1OC(OC2C(C(=O)[O-])OC(O)C(O)C2O)C(O)C(O)C1O. The monoisotopic (exact) mass is 368 g/mol. The molecule has 0 aromatic heterocycles. The molecule has 0 saturated carbocycles. The summed E-state index contributed by atoms with van der Waals surface area (Å²) in [5.41, 5.74) is 0. The van der Waals surface area contributed by atoms with Crippen LogP contribution in [0, 0.1) is 0 Å². The molecule has 2 heterocycles. The lowest BCUT2D eigenvalue weighted by Crippen LogP contribution is -2.67. The minimum Gasteiger partial charge on any atom is -0.547 e. The maximum absolute atomic E-state index is 11.1. The Morgan fingerprint density at radius 1 is 0.720 bits per heavy atom. The fraction of sp³-hybridized carbons (Fsp3) is 0.833. The number of carbonyl (C=O) groups is 2. The number of aliphatic hydroxyl groups excluding tert-OH is 6. The van der Waals surface area contributed by atoms with Crippen molar-refractivity contribution in [2.24, 2.45) is 0 Å². The molecule has 13 heteroatoms. The van der Waals surface area contributed by atoms with Crippen molar-refractivity contribution in [1.29, 1.82) is 0 Å². The minimum absolute atomic E-state index is 1.96. The van der Waals surface area contributed by atoms with Crippen molar-refractivity contribution >= 4 is 11.9 Å². The van der Waals surface area contributed by atoms with E-state index in [1.54, 1.807) is 0 Å². The quantitative estimate of drug-likeness (QED) is 0.271. The standard InChI is InChI=1S/C12H18O13/c13-1-2(14)7(9(18)19)25-12(5(1)17)24-6-3(15)4(16)11(22)23-8(6)10(20)21/h1-8,11-17,22H,(H,18,19)(H,20,21)/p-2. The molecule has 2 fully saturated rings. The molecule has 0 amide bonds. The maximum Gasteiger partial charge on any atom is 0.187 e. The molecule has 0 spiro atoms. The van der Waals surface area contributed by atoms with Gasteiger partial charge in [0.2, 0.25) is 0 Å². The Balaban J connectivity index is 2.22. The van der Waals surface area contributed by atoms with Crippen LogP contribution in [0.25, 0.3) is 0 Å². The summed E-state index contributed by atoms with van der Waals surface area (Å²) < 4.78 is 14.2. The molecule has 2 saturated heterocycles. The van der Waals surface area contributed by atoms with Gasteiger partial charge >= 0.3 is 0 Å². The number of carbonyl (C=O) groups excluding carboxylic acids is 2. The predicted octanol–water partition coefficient (Wildman–Crippen LogP) is -7.88. The third-order valence-electron chi connectivity index (χ3n) is 3.89. The lowest BCUT2D eigenvalue weighted by atomic mass is 9.96. The van der Waals surface area contributed by atoms with E-state index in [9.17, 15) is 50.4 Å². The minimum atomic E-state index is -2.14. The van der Waals surface area contributed by atoms with E-state index in [0.717, 1.165) is 0 Å². The first-order valence-electron chi connectivity index (χ1n) is 7.02. The molecule has 10 unspecified atom stereocenters. The van der Waals surface area contributed by atoms with Gasteiger partial charge in [0.15, 0.2) is 12.6 Å². The van der Waals surface area contributed by atoms with Crippen molar-refractivity contribution in [3.8, 4) is 0 Å². The van der Waals surface area contributed by atoms with Crippen LogP contribution in [-0.2, 0) is 23.8 Å². The Labute approximate surface area is 139 Å². The van der Waals surface area contributed by atoms with Crippen molar-refractivity contribution in [3.63, 3.8) is 0 Å². The van der Waals surface area contributed by atoms with Crippen LogP contribution in [0.15, 0.2) is 0 Å². The number of aliphatic hydroxyl groups is 6. The molecule has 0 bridgehead atoms. The summed E-state index contributed by atoms with van der Waals surface area (Å²) in [7, 11) is 0. The number of rotatable bonds is 4. The summed E-state index contributed by atoms with van der Waals surface area (Å²) in [6.07, 6.45) is -20.6. The molecule has 10 atom stereocenters. The normalized spacial score (nSPS) is 48.1. The lowest BCUT2D eigenvalue weighted by molar-refractivity contribution is -0.379. The van der Waals surface area contributed by atoms with Crippen LogP contribution in [-0.4, -0.2) is 104 Å². The van der Waals surface area contributed by atoms with Crippen LogP contribution >= 0.6 is 0 Å². The number of carboxylic acids is 2. The van der Waals surface area contributed by atoms with Gasteiger partial charge < -0.3 is 64.7 Å². The van der Waals surface area contributed by atoms with Crippen molar-refractivity contribution < 1.29 is 64.7 Å². The zero-order chi connectivity index (χ0) is 19.0. The fourth-order valence-electron chi connectivity index (χ4n) is 2.50. The van der Waals surface area contributed by atoms with Gasteiger partial charge in [0.1, 0.15) is 48.8 Å². The van der Waals surface area contributed by atoms with Crippen molar-refractivity contribution in [3.05, 3.63) is 0 Å². The molecular formula is C12H16O13-2. The topological polar surface area (TPSA) is 229 Å². The molecule has 13 nitrogen and oxygen atoms in total. The van der Waals surface area contributed by atoms with E-state index >= 15 is 0 Å². The molecular weight excluding hydrogens is 352 g/mol. The van der Waals surface area contributed by atoms with Gasteiger partial charge in [0.25, 0.3) is 0 Å². The van der Waals surface area contributed by atoms with Crippen LogP contribution in [0.1, 0.15) is 0 Å². The van der Waals surface area contributed by atoms with Crippen LogP contribution in [0.5, 0.6) is 0 Å². The van der Waals surface area contributed by atoms with Gasteiger partial charge in [-0.15, -0.1) is 0 Å². The highest BCUT2D eigenvalue weighted by atomic mass is 16.7. The molecule has 2 rings (SSSR count). The van der Waals surface area contributed by atoms with Gasteiger partial charge in [-0.1, -0.05) is 0 Å². The number of ether oxygens (including phenoxy) is 3. The van der Waals surface area contributed by atoms with Gasteiger partial charge in [0, 0.05) is 0 Å². The second-order valence-electron chi connectivity index (χ2n) is 5.56. The van der Waals surface area contributed by atoms with Crippen molar-refractivity contribution in [2.45, 2.75) is 61.4 Å². The maximum atomic E-state index is 11.1. The number of hydrogen-bond acceptors (Lipinski definition) is 13. The zero-order valence-electron chi connectivity index (χ0n) is 12.3. The number of hydrogen-bond donors (Lipinski definition) is 6. The summed E-state index contributed by atoms with van der Waals surface area (Å²) in [6.45, 7) is 0. The fourth-order valence-corrected chi connectivity index (χ4v) is 2.50. The predicted molar refractivity (Wildman–Crippen MR) is 64.5 cm³/mol. The zero-order valence-corrected chi connectivity index (χ0v) is 12.3. The molecule has 0 aromatic rings. The summed E-state index contributed by atoms with van der Waals surface area (Å²) >= 11 is 0. The lowest BCUT2D eigenvalue weighted by Gasteiger charge is -2.46. The largest absolute Gasteiger partial charge is 0.547 e. The second-order valence-corrected chi connectivity index (χ2v) is 5.56. The Bertz CT molecular complexity index is 511. The summed E-state index contributed by atoms with van der Waals surface area (Å²) in [5.74, 6) is -3.92.